The van der Waals surface area contributed by atoms with Crippen molar-refractivity contribution in [1.29, 1.82) is 0 Å². The normalized spacial score (nSPS) is 12.3. The molecule has 1 aromatic rings. The van der Waals surface area contributed by atoms with Crippen LogP contribution >= 0.6 is 11.8 Å². The molecule has 0 spiro atoms. The van der Waals surface area contributed by atoms with Gasteiger partial charge in [0.15, 0.2) is 0 Å². The van der Waals surface area contributed by atoms with Crippen molar-refractivity contribution in [2.24, 2.45) is 0 Å². The molecule has 0 aromatic heterocycles. The van der Waals surface area contributed by atoms with E-state index in [1.165, 1.54) is 6.08 Å². The zero-order chi connectivity index (χ0) is 11.5. The van der Waals surface area contributed by atoms with E-state index in [9.17, 15) is 13.2 Å². The first kappa shape index (κ1) is 12.2. The van der Waals surface area contributed by atoms with Crippen LogP contribution in [-0.2, 0) is 0 Å². The van der Waals surface area contributed by atoms with Crippen molar-refractivity contribution < 1.29 is 13.2 Å². The molecule has 0 fully saturated rings. The molecule has 0 radical (unpaired) electrons. The first-order valence-electron chi connectivity index (χ1n) is 4.37. The van der Waals surface area contributed by atoms with Crippen LogP contribution in [0.3, 0.4) is 0 Å². The summed E-state index contributed by atoms with van der Waals surface area (Å²) < 4.78 is 35.5. The van der Waals surface area contributed by atoms with Gasteiger partial charge in [0, 0.05) is 0 Å². The van der Waals surface area contributed by atoms with Crippen LogP contribution in [0.5, 0.6) is 0 Å². The lowest BCUT2D eigenvalue weighted by Gasteiger charge is -2.02. The van der Waals surface area contributed by atoms with Crippen molar-refractivity contribution in [3.8, 4) is 0 Å². The van der Waals surface area contributed by atoms with Crippen molar-refractivity contribution in [2.45, 2.75) is 19.4 Å². The minimum atomic E-state index is -4.20. The number of halogens is 3. The molecule has 0 aliphatic carbocycles. The first-order chi connectivity index (χ1) is 6.88. The Morgan fingerprint density at radius 2 is 1.87 bits per heavy atom. The molecule has 82 valence electrons. The van der Waals surface area contributed by atoms with Crippen LogP contribution in [0, 0.1) is 13.8 Å². The molecule has 0 amide bonds. The smallest absolute Gasteiger partial charge is 0.160 e. The third kappa shape index (κ3) is 4.42. The SMILES string of the molecule is Cc1ccc(/C=C/SC(F)(F)F)c(C)c1. The molecule has 1 aromatic carbocycles. The minimum Gasteiger partial charge on any atom is -0.160 e. The highest BCUT2D eigenvalue weighted by Crippen LogP contribution is 2.31. The molecule has 0 aliphatic heterocycles. The molecule has 0 nitrogen and oxygen atoms in total. The Morgan fingerprint density at radius 3 is 2.40 bits per heavy atom. The Kier molecular flexibility index (Phi) is 3.85. The van der Waals surface area contributed by atoms with Gasteiger partial charge in [-0.2, -0.15) is 13.2 Å². The molecule has 0 saturated carbocycles. The van der Waals surface area contributed by atoms with E-state index in [1.54, 1.807) is 0 Å². The molecule has 0 atom stereocenters. The van der Waals surface area contributed by atoms with Crippen molar-refractivity contribution in [2.75, 3.05) is 0 Å². The van der Waals surface area contributed by atoms with Gasteiger partial charge in [0.05, 0.1) is 0 Å². The van der Waals surface area contributed by atoms with E-state index in [0.717, 1.165) is 22.1 Å². The third-order valence-electron chi connectivity index (χ3n) is 1.87. The van der Waals surface area contributed by atoms with Gasteiger partial charge in [0.1, 0.15) is 0 Å². The zero-order valence-electron chi connectivity index (χ0n) is 8.43. The number of hydrogen-bond acceptors (Lipinski definition) is 1. The molecular formula is C11H11F3S. The van der Waals surface area contributed by atoms with E-state index < -0.39 is 5.51 Å². The summed E-state index contributed by atoms with van der Waals surface area (Å²) >= 11 is -0.139. The van der Waals surface area contributed by atoms with E-state index >= 15 is 0 Å². The Balaban J connectivity index is 2.73. The molecule has 0 saturated heterocycles. The van der Waals surface area contributed by atoms with Gasteiger partial charge < -0.3 is 0 Å². The van der Waals surface area contributed by atoms with Gasteiger partial charge in [-0.15, -0.1) is 0 Å². The van der Waals surface area contributed by atoms with Gasteiger partial charge >= 0.3 is 5.51 Å². The van der Waals surface area contributed by atoms with Gasteiger partial charge in [-0.05, 0) is 48.2 Å². The lowest BCUT2D eigenvalue weighted by molar-refractivity contribution is -0.0319. The van der Waals surface area contributed by atoms with Crippen molar-refractivity contribution in [3.05, 3.63) is 40.3 Å². The average molecular weight is 232 g/mol. The van der Waals surface area contributed by atoms with E-state index in [-0.39, 0.29) is 11.8 Å². The number of hydrogen-bond donors (Lipinski definition) is 0. The summed E-state index contributed by atoms with van der Waals surface area (Å²) in [5.41, 5.74) is -1.30. The molecule has 0 N–H and O–H groups in total. The second kappa shape index (κ2) is 4.75. The van der Waals surface area contributed by atoms with E-state index in [4.69, 9.17) is 0 Å². The molecular weight excluding hydrogens is 221 g/mol. The predicted octanol–water partition coefficient (Wildman–Crippen LogP) is 4.53. The number of benzene rings is 1. The number of rotatable bonds is 2. The Hall–Kier alpha value is -0.900. The summed E-state index contributed by atoms with van der Waals surface area (Å²) in [5.74, 6) is 0. The first-order valence-corrected chi connectivity index (χ1v) is 5.25. The summed E-state index contributed by atoms with van der Waals surface area (Å²) in [6.45, 7) is 3.83. The monoisotopic (exact) mass is 232 g/mol. The summed E-state index contributed by atoms with van der Waals surface area (Å²) in [4.78, 5) is 0. The topological polar surface area (TPSA) is 0 Å². The highest BCUT2D eigenvalue weighted by Gasteiger charge is 2.26. The summed E-state index contributed by atoms with van der Waals surface area (Å²) in [5, 5.41) is 1.07. The Bertz CT molecular complexity index is 367. The second-order valence-electron chi connectivity index (χ2n) is 3.23. The Morgan fingerprint density at radius 1 is 1.20 bits per heavy atom. The molecule has 1 rings (SSSR count). The fourth-order valence-electron chi connectivity index (χ4n) is 1.20. The summed E-state index contributed by atoms with van der Waals surface area (Å²) in [7, 11) is 0. The fraction of sp³-hybridized carbons (Fsp3) is 0.273. The van der Waals surface area contributed by atoms with Crippen LogP contribution in [0.15, 0.2) is 23.6 Å². The largest absolute Gasteiger partial charge is 0.445 e. The van der Waals surface area contributed by atoms with Gasteiger partial charge in [-0.25, -0.2) is 0 Å². The van der Waals surface area contributed by atoms with Gasteiger partial charge in [0.25, 0.3) is 0 Å². The second-order valence-corrected chi connectivity index (χ2v) is 4.20. The number of alkyl halides is 3. The standard InChI is InChI=1S/C11H11F3S/c1-8-3-4-10(9(2)7-8)5-6-15-11(12,13)14/h3-7H,1-2H3/b6-5+. The van der Waals surface area contributed by atoms with Crippen molar-refractivity contribution in [1.82, 2.24) is 0 Å². The number of aryl methyl sites for hydroxylation is 2. The van der Waals surface area contributed by atoms with E-state index in [0.29, 0.717) is 0 Å². The molecule has 4 heteroatoms. The minimum absolute atomic E-state index is 0.139. The van der Waals surface area contributed by atoms with E-state index in [1.807, 2.05) is 32.0 Å². The maximum absolute atomic E-state index is 11.8. The highest BCUT2D eigenvalue weighted by molar-refractivity contribution is 8.03. The van der Waals surface area contributed by atoms with Gasteiger partial charge in [-0.1, -0.05) is 23.8 Å². The van der Waals surface area contributed by atoms with Crippen LogP contribution in [0.2, 0.25) is 0 Å². The zero-order valence-corrected chi connectivity index (χ0v) is 9.25. The van der Waals surface area contributed by atoms with Gasteiger partial charge in [0.2, 0.25) is 0 Å². The molecule has 0 heterocycles. The summed E-state index contributed by atoms with van der Waals surface area (Å²) in [6.07, 6.45) is 1.48. The van der Waals surface area contributed by atoms with Crippen molar-refractivity contribution >= 4 is 17.8 Å². The van der Waals surface area contributed by atoms with E-state index in [2.05, 4.69) is 0 Å². The van der Waals surface area contributed by atoms with Crippen molar-refractivity contribution in [3.63, 3.8) is 0 Å². The predicted molar refractivity (Wildman–Crippen MR) is 58.6 cm³/mol. The third-order valence-corrected chi connectivity index (χ3v) is 2.41. The summed E-state index contributed by atoms with van der Waals surface area (Å²) in [6, 6.07) is 5.64. The molecule has 0 aliphatic rings. The van der Waals surface area contributed by atoms with Crippen LogP contribution in [0.4, 0.5) is 13.2 Å². The van der Waals surface area contributed by atoms with Crippen LogP contribution < -0.4 is 0 Å². The quantitative estimate of drug-likeness (QED) is 0.722. The fourth-order valence-corrected chi connectivity index (χ4v) is 1.57. The molecule has 0 unspecified atom stereocenters. The number of thioether (sulfide) groups is 1. The Labute approximate surface area is 91.2 Å². The van der Waals surface area contributed by atoms with Gasteiger partial charge in [-0.3, -0.25) is 0 Å². The van der Waals surface area contributed by atoms with Crippen LogP contribution in [0.1, 0.15) is 16.7 Å². The molecule has 0 bridgehead atoms. The molecule has 15 heavy (non-hydrogen) atoms. The highest BCUT2D eigenvalue weighted by atomic mass is 32.2. The lowest BCUT2D eigenvalue weighted by Crippen LogP contribution is -1.96. The van der Waals surface area contributed by atoms with Crippen LogP contribution in [-0.4, -0.2) is 5.51 Å². The van der Waals surface area contributed by atoms with Crippen LogP contribution in [0.25, 0.3) is 6.08 Å². The average Bonchev–Trinajstić information content (AvgIpc) is 2.07. The lowest BCUT2D eigenvalue weighted by atomic mass is 10.1. The maximum Gasteiger partial charge on any atom is 0.445 e. The maximum atomic E-state index is 11.8.